The van der Waals surface area contributed by atoms with Crippen molar-refractivity contribution in [1.82, 2.24) is 25.5 Å². The monoisotopic (exact) mass is 415 g/mol. The SMILES string of the molecule is CCNC(=NCc1ccc(Cl)cc1)NCCCN1CCN(c2ncccn2)CC1. The summed E-state index contributed by atoms with van der Waals surface area (Å²) >= 11 is 5.94. The number of nitrogens with zero attached hydrogens (tertiary/aromatic N) is 5. The molecular weight excluding hydrogens is 386 g/mol. The molecule has 0 atom stereocenters. The molecule has 0 spiro atoms. The van der Waals surface area contributed by atoms with Gasteiger partial charge in [0.25, 0.3) is 0 Å². The number of benzene rings is 1. The molecule has 0 unspecified atom stereocenters. The predicted molar refractivity (Wildman–Crippen MR) is 120 cm³/mol. The van der Waals surface area contributed by atoms with Crippen LogP contribution in [0.15, 0.2) is 47.7 Å². The van der Waals surface area contributed by atoms with Gasteiger partial charge in [0, 0.05) is 56.7 Å². The van der Waals surface area contributed by atoms with Gasteiger partial charge in [0.1, 0.15) is 0 Å². The van der Waals surface area contributed by atoms with Crippen molar-refractivity contribution in [3.8, 4) is 0 Å². The minimum Gasteiger partial charge on any atom is -0.357 e. The molecule has 2 aromatic rings. The van der Waals surface area contributed by atoms with Gasteiger partial charge in [0.15, 0.2) is 5.96 Å². The molecule has 1 fully saturated rings. The summed E-state index contributed by atoms with van der Waals surface area (Å²) in [6.45, 7) is 9.57. The molecule has 1 aromatic carbocycles. The van der Waals surface area contributed by atoms with E-state index in [4.69, 9.17) is 11.6 Å². The first-order chi connectivity index (χ1) is 14.2. The fraction of sp³-hybridized carbons (Fsp3) is 0.476. The summed E-state index contributed by atoms with van der Waals surface area (Å²) in [6, 6.07) is 9.67. The Morgan fingerprint density at radius 1 is 1.07 bits per heavy atom. The van der Waals surface area contributed by atoms with Gasteiger partial charge in [-0.15, -0.1) is 0 Å². The molecule has 1 aliphatic heterocycles. The summed E-state index contributed by atoms with van der Waals surface area (Å²) in [5, 5.41) is 7.49. The Morgan fingerprint density at radius 2 is 1.79 bits per heavy atom. The zero-order valence-corrected chi connectivity index (χ0v) is 17.8. The average Bonchev–Trinajstić information content (AvgIpc) is 2.77. The van der Waals surface area contributed by atoms with Crippen LogP contribution in [0, 0.1) is 0 Å². The van der Waals surface area contributed by atoms with Gasteiger partial charge in [-0.3, -0.25) is 4.90 Å². The minimum atomic E-state index is 0.635. The molecule has 2 heterocycles. The molecule has 0 amide bonds. The Balaban J connectivity index is 1.36. The molecule has 2 N–H and O–H groups in total. The predicted octanol–water partition coefficient (Wildman–Crippen LogP) is 2.40. The standard InChI is InChI=1S/C21H30ClN7/c1-2-23-20(27-17-18-5-7-19(22)8-6-18)24-11-4-12-28-13-15-29(16-14-28)21-25-9-3-10-26-21/h3,5-10H,2,4,11-17H2,1H3,(H2,23,24,27). The molecule has 0 saturated carbocycles. The maximum atomic E-state index is 5.94. The van der Waals surface area contributed by atoms with Gasteiger partial charge < -0.3 is 15.5 Å². The van der Waals surface area contributed by atoms with Crippen LogP contribution >= 0.6 is 11.6 Å². The van der Waals surface area contributed by atoms with Gasteiger partial charge in [0.2, 0.25) is 5.95 Å². The maximum absolute atomic E-state index is 5.94. The number of aliphatic imine (C=N–C) groups is 1. The van der Waals surface area contributed by atoms with Crippen molar-refractivity contribution >= 4 is 23.5 Å². The number of anilines is 1. The van der Waals surface area contributed by atoms with E-state index in [-0.39, 0.29) is 0 Å². The van der Waals surface area contributed by atoms with Gasteiger partial charge in [-0.2, -0.15) is 0 Å². The first-order valence-corrected chi connectivity index (χ1v) is 10.6. The van der Waals surface area contributed by atoms with Crippen LogP contribution in [-0.4, -0.2) is 66.6 Å². The fourth-order valence-corrected chi connectivity index (χ4v) is 3.36. The molecule has 1 aromatic heterocycles. The highest BCUT2D eigenvalue weighted by atomic mass is 35.5. The number of rotatable bonds is 8. The molecule has 3 rings (SSSR count). The smallest absolute Gasteiger partial charge is 0.225 e. The largest absolute Gasteiger partial charge is 0.357 e. The first-order valence-electron chi connectivity index (χ1n) is 10.3. The van der Waals surface area contributed by atoms with Gasteiger partial charge in [-0.1, -0.05) is 23.7 Å². The lowest BCUT2D eigenvalue weighted by atomic mass is 10.2. The quantitative estimate of drug-likeness (QED) is 0.392. The van der Waals surface area contributed by atoms with Crippen molar-refractivity contribution in [3.05, 3.63) is 53.3 Å². The normalized spacial score (nSPS) is 15.4. The Morgan fingerprint density at radius 3 is 2.48 bits per heavy atom. The average molecular weight is 416 g/mol. The molecule has 8 heteroatoms. The van der Waals surface area contributed by atoms with Gasteiger partial charge in [-0.25, -0.2) is 15.0 Å². The van der Waals surface area contributed by atoms with Gasteiger partial charge in [-0.05, 0) is 43.7 Å². The summed E-state index contributed by atoms with van der Waals surface area (Å²) in [7, 11) is 0. The van der Waals surface area contributed by atoms with Crippen LogP contribution in [0.25, 0.3) is 0 Å². The molecule has 0 bridgehead atoms. The van der Waals surface area contributed by atoms with Crippen LogP contribution in [0.4, 0.5) is 5.95 Å². The highest BCUT2D eigenvalue weighted by molar-refractivity contribution is 6.30. The number of hydrogen-bond acceptors (Lipinski definition) is 5. The van der Waals surface area contributed by atoms with Crippen molar-refractivity contribution in [1.29, 1.82) is 0 Å². The lowest BCUT2D eigenvalue weighted by molar-refractivity contribution is 0.254. The first kappa shape index (κ1) is 21.3. The molecule has 1 aliphatic rings. The highest BCUT2D eigenvalue weighted by Gasteiger charge is 2.18. The summed E-state index contributed by atoms with van der Waals surface area (Å²) in [6.07, 6.45) is 4.68. The molecule has 156 valence electrons. The number of guanidine groups is 1. The van der Waals surface area contributed by atoms with Crippen LogP contribution in [0.2, 0.25) is 5.02 Å². The summed E-state index contributed by atoms with van der Waals surface area (Å²) in [5.41, 5.74) is 1.15. The summed E-state index contributed by atoms with van der Waals surface area (Å²) < 4.78 is 0. The molecule has 0 radical (unpaired) electrons. The third kappa shape index (κ3) is 7.18. The molecular formula is C21H30ClN7. The minimum absolute atomic E-state index is 0.635. The van der Waals surface area contributed by atoms with E-state index in [0.29, 0.717) is 6.54 Å². The molecule has 7 nitrogen and oxygen atoms in total. The van der Waals surface area contributed by atoms with Crippen molar-refractivity contribution < 1.29 is 0 Å². The van der Waals surface area contributed by atoms with Crippen molar-refractivity contribution in [3.63, 3.8) is 0 Å². The third-order valence-corrected chi connectivity index (χ3v) is 5.08. The van der Waals surface area contributed by atoms with Crippen LogP contribution < -0.4 is 15.5 Å². The van der Waals surface area contributed by atoms with E-state index >= 15 is 0 Å². The second-order valence-electron chi connectivity index (χ2n) is 6.98. The lowest BCUT2D eigenvalue weighted by Crippen LogP contribution is -2.47. The van der Waals surface area contributed by atoms with Crippen LogP contribution in [0.5, 0.6) is 0 Å². The fourth-order valence-electron chi connectivity index (χ4n) is 3.24. The van der Waals surface area contributed by atoms with E-state index in [1.54, 1.807) is 12.4 Å². The molecule has 1 saturated heterocycles. The van der Waals surface area contributed by atoms with E-state index < -0.39 is 0 Å². The number of hydrogen-bond donors (Lipinski definition) is 2. The van der Waals surface area contributed by atoms with Crippen molar-refractivity contribution in [2.45, 2.75) is 19.9 Å². The summed E-state index contributed by atoms with van der Waals surface area (Å²) in [4.78, 5) is 18.1. The molecule has 29 heavy (non-hydrogen) atoms. The van der Waals surface area contributed by atoms with E-state index in [1.165, 1.54) is 0 Å². The second kappa shape index (κ2) is 11.6. The maximum Gasteiger partial charge on any atom is 0.225 e. The van der Waals surface area contributed by atoms with Gasteiger partial charge >= 0.3 is 0 Å². The topological polar surface area (TPSA) is 68.7 Å². The van der Waals surface area contributed by atoms with Crippen LogP contribution in [0.3, 0.4) is 0 Å². The van der Waals surface area contributed by atoms with E-state index in [1.807, 2.05) is 30.3 Å². The highest BCUT2D eigenvalue weighted by Crippen LogP contribution is 2.11. The Labute approximate surface area is 178 Å². The van der Waals surface area contributed by atoms with E-state index in [2.05, 4.69) is 42.3 Å². The molecule has 0 aliphatic carbocycles. The Hall–Kier alpha value is -2.38. The zero-order valence-electron chi connectivity index (χ0n) is 17.0. The number of halogens is 1. The Kier molecular flexibility index (Phi) is 8.52. The number of nitrogens with one attached hydrogen (secondary N) is 2. The number of piperazine rings is 1. The zero-order chi connectivity index (χ0) is 20.3. The summed E-state index contributed by atoms with van der Waals surface area (Å²) in [5.74, 6) is 1.69. The van der Waals surface area contributed by atoms with Gasteiger partial charge in [0.05, 0.1) is 6.54 Å². The Bertz CT molecular complexity index is 743. The second-order valence-corrected chi connectivity index (χ2v) is 7.42. The lowest BCUT2D eigenvalue weighted by Gasteiger charge is -2.34. The van der Waals surface area contributed by atoms with E-state index in [0.717, 1.165) is 74.7 Å². The van der Waals surface area contributed by atoms with Crippen molar-refractivity contribution in [2.24, 2.45) is 4.99 Å². The van der Waals surface area contributed by atoms with Crippen LogP contribution in [0.1, 0.15) is 18.9 Å². The van der Waals surface area contributed by atoms with Crippen molar-refractivity contribution in [2.75, 3.05) is 50.7 Å². The number of aromatic nitrogens is 2. The van der Waals surface area contributed by atoms with E-state index in [9.17, 15) is 0 Å². The third-order valence-electron chi connectivity index (χ3n) is 4.83. The van der Waals surface area contributed by atoms with Crippen LogP contribution in [-0.2, 0) is 6.54 Å².